The first-order chi connectivity index (χ1) is 5.48. The van der Waals surface area contributed by atoms with E-state index in [1.54, 1.807) is 6.08 Å². The predicted octanol–water partition coefficient (Wildman–Crippen LogP) is 4.02. The first kappa shape index (κ1) is 14.1. The Kier molecular flexibility index (Phi) is 8.51. The molecule has 0 aromatic heterocycles. The third kappa shape index (κ3) is 7.67. The molecule has 0 atom stereocenters. The second kappa shape index (κ2) is 7.23. The minimum atomic E-state index is -0.125. The summed E-state index contributed by atoms with van der Waals surface area (Å²) in [7, 11) is 0. The van der Waals surface area contributed by atoms with Crippen molar-refractivity contribution in [3.63, 3.8) is 0 Å². The van der Waals surface area contributed by atoms with Crippen molar-refractivity contribution in [1.29, 1.82) is 0 Å². The van der Waals surface area contributed by atoms with Gasteiger partial charge in [-0.2, -0.15) is 12.6 Å². The normalized spacial score (nSPS) is 10.4. The molecule has 0 amide bonds. The molecule has 0 radical (unpaired) electrons. The van der Waals surface area contributed by atoms with Gasteiger partial charge >= 0.3 is 0 Å². The summed E-state index contributed by atoms with van der Waals surface area (Å²) in [5.41, 5.74) is 0.996. The van der Waals surface area contributed by atoms with Crippen LogP contribution in [-0.2, 0) is 0 Å². The highest BCUT2D eigenvalue weighted by Gasteiger charge is 2.12. The molecule has 0 spiro atoms. The fourth-order valence-electron chi connectivity index (χ4n) is 0.388. The van der Waals surface area contributed by atoms with E-state index in [9.17, 15) is 0 Å². The quantitative estimate of drug-likeness (QED) is 0.497. The van der Waals surface area contributed by atoms with Gasteiger partial charge in [-0.1, -0.05) is 45.2 Å². The van der Waals surface area contributed by atoms with Crippen LogP contribution in [0.5, 0.6) is 0 Å². The van der Waals surface area contributed by atoms with Crippen molar-refractivity contribution in [3.8, 4) is 0 Å². The Bertz CT molecular complexity index is 158. The number of hydrogen-bond donors (Lipinski definition) is 1. The van der Waals surface area contributed by atoms with Crippen LogP contribution in [0.3, 0.4) is 0 Å². The molecule has 0 heterocycles. The fraction of sp³-hybridized carbons (Fsp3) is 0.455. The fourth-order valence-corrected chi connectivity index (χ4v) is 0.463. The molecule has 70 valence electrons. The van der Waals surface area contributed by atoms with E-state index in [0.717, 1.165) is 5.57 Å². The zero-order chi connectivity index (χ0) is 10.2. The van der Waals surface area contributed by atoms with Gasteiger partial charge in [0.15, 0.2) is 0 Å². The molecule has 0 aliphatic rings. The van der Waals surface area contributed by atoms with Gasteiger partial charge < -0.3 is 0 Å². The van der Waals surface area contributed by atoms with Crippen LogP contribution in [0.1, 0.15) is 27.7 Å². The molecule has 0 bridgehead atoms. The van der Waals surface area contributed by atoms with Gasteiger partial charge in [-0.15, -0.1) is 0 Å². The monoisotopic (exact) mass is 184 g/mol. The third-order valence-corrected chi connectivity index (χ3v) is 1.51. The topological polar surface area (TPSA) is 0 Å². The summed E-state index contributed by atoms with van der Waals surface area (Å²) in [6.45, 7) is 15.4. The van der Waals surface area contributed by atoms with Gasteiger partial charge in [-0.3, -0.25) is 0 Å². The minimum Gasteiger partial charge on any atom is -0.168 e. The maximum Gasteiger partial charge on any atom is 0.0316 e. The smallest absolute Gasteiger partial charge is 0.0316 e. The first-order valence-corrected chi connectivity index (χ1v) is 4.64. The Labute approximate surface area is 82.5 Å². The van der Waals surface area contributed by atoms with E-state index in [0.29, 0.717) is 0 Å². The number of rotatable bonds is 3. The maximum atomic E-state index is 4.34. The Hall–Kier alpha value is -0.430. The highest BCUT2D eigenvalue weighted by Crippen LogP contribution is 2.22. The number of hydrogen-bond acceptors (Lipinski definition) is 1. The van der Waals surface area contributed by atoms with Crippen molar-refractivity contribution in [2.45, 2.75) is 32.4 Å². The molecule has 0 N–H and O–H groups in total. The van der Waals surface area contributed by atoms with Crippen LogP contribution in [0.4, 0.5) is 0 Å². The molecule has 0 fully saturated rings. The Morgan fingerprint density at radius 1 is 1.33 bits per heavy atom. The summed E-state index contributed by atoms with van der Waals surface area (Å²) in [5, 5.41) is 0. The van der Waals surface area contributed by atoms with Gasteiger partial charge in [0.25, 0.3) is 0 Å². The molecule has 0 aromatic rings. The van der Waals surface area contributed by atoms with Crippen molar-refractivity contribution in [2.75, 3.05) is 0 Å². The van der Waals surface area contributed by atoms with Crippen molar-refractivity contribution in [2.24, 2.45) is 0 Å². The summed E-state index contributed by atoms with van der Waals surface area (Å²) >= 11 is 4.34. The molecular formula is C11H20S. The minimum absolute atomic E-state index is 0.125. The maximum absolute atomic E-state index is 4.34. The van der Waals surface area contributed by atoms with Crippen molar-refractivity contribution in [1.82, 2.24) is 0 Å². The summed E-state index contributed by atoms with van der Waals surface area (Å²) < 4.78 is -0.125. The predicted molar refractivity (Wildman–Crippen MR) is 62.9 cm³/mol. The van der Waals surface area contributed by atoms with Crippen molar-refractivity contribution in [3.05, 3.63) is 37.0 Å². The van der Waals surface area contributed by atoms with E-state index in [-0.39, 0.29) is 4.75 Å². The number of allylic oxidation sites excluding steroid dienone is 3. The SMILES string of the molecule is C=C/C=C\C(=C)C(C)(C)S.CC. The van der Waals surface area contributed by atoms with Crippen LogP contribution >= 0.6 is 12.6 Å². The standard InChI is InChI=1S/C9H14S.C2H6/c1-5-6-7-8(2)9(3,4)10;1-2/h5-7,10H,1-2H2,3-4H3;1-2H3/b7-6-;. The van der Waals surface area contributed by atoms with E-state index in [2.05, 4.69) is 25.8 Å². The van der Waals surface area contributed by atoms with E-state index in [1.807, 2.05) is 39.8 Å². The Morgan fingerprint density at radius 2 is 1.75 bits per heavy atom. The first-order valence-electron chi connectivity index (χ1n) is 4.19. The average molecular weight is 184 g/mol. The van der Waals surface area contributed by atoms with Gasteiger partial charge in [0, 0.05) is 4.75 Å². The second-order valence-corrected chi connectivity index (χ2v) is 3.80. The third-order valence-electron chi connectivity index (χ3n) is 1.22. The molecule has 0 aliphatic carbocycles. The number of thiol groups is 1. The molecule has 0 aromatic carbocycles. The van der Waals surface area contributed by atoms with Gasteiger partial charge in [-0.05, 0) is 19.4 Å². The average Bonchev–Trinajstić information content (AvgIpc) is 2.02. The van der Waals surface area contributed by atoms with E-state index >= 15 is 0 Å². The lowest BCUT2D eigenvalue weighted by Gasteiger charge is -2.17. The second-order valence-electron chi connectivity index (χ2n) is 2.68. The molecule has 1 heteroatoms. The zero-order valence-corrected chi connectivity index (χ0v) is 9.49. The molecule has 0 saturated heterocycles. The van der Waals surface area contributed by atoms with E-state index in [1.165, 1.54) is 0 Å². The molecule has 0 aliphatic heterocycles. The van der Waals surface area contributed by atoms with Crippen LogP contribution in [0, 0.1) is 0 Å². The highest BCUT2D eigenvalue weighted by molar-refractivity contribution is 7.82. The van der Waals surface area contributed by atoms with Crippen molar-refractivity contribution >= 4 is 12.6 Å². The molecule has 12 heavy (non-hydrogen) atoms. The molecule has 0 saturated carbocycles. The lowest BCUT2D eigenvalue weighted by atomic mass is 10.0. The Morgan fingerprint density at radius 3 is 2.00 bits per heavy atom. The van der Waals surface area contributed by atoms with Crippen LogP contribution in [0.2, 0.25) is 0 Å². The molecule has 0 unspecified atom stereocenters. The van der Waals surface area contributed by atoms with Crippen LogP contribution < -0.4 is 0 Å². The van der Waals surface area contributed by atoms with Crippen molar-refractivity contribution < 1.29 is 0 Å². The lowest BCUT2D eigenvalue weighted by molar-refractivity contribution is 0.870. The summed E-state index contributed by atoms with van der Waals surface area (Å²) in [4.78, 5) is 0. The van der Waals surface area contributed by atoms with E-state index in [4.69, 9.17) is 0 Å². The van der Waals surface area contributed by atoms with Gasteiger partial charge in [0.2, 0.25) is 0 Å². The lowest BCUT2D eigenvalue weighted by Crippen LogP contribution is -2.11. The highest BCUT2D eigenvalue weighted by atomic mass is 32.1. The van der Waals surface area contributed by atoms with Gasteiger partial charge in [0.1, 0.15) is 0 Å². The molecule has 0 rings (SSSR count). The zero-order valence-electron chi connectivity index (χ0n) is 8.59. The summed E-state index contributed by atoms with van der Waals surface area (Å²) in [5.74, 6) is 0. The summed E-state index contributed by atoms with van der Waals surface area (Å²) in [6.07, 6.45) is 5.50. The Balaban J connectivity index is 0. The van der Waals surface area contributed by atoms with Crippen LogP contribution in [-0.4, -0.2) is 4.75 Å². The largest absolute Gasteiger partial charge is 0.168 e. The van der Waals surface area contributed by atoms with E-state index < -0.39 is 0 Å². The van der Waals surface area contributed by atoms with Gasteiger partial charge in [0.05, 0.1) is 0 Å². The van der Waals surface area contributed by atoms with Crippen LogP contribution in [0.25, 0.3) is 0 Å². The molecular weight excluding hydrogens is 164 g/mol. The molecule has 0 nitrogen and oxygen atoms in total. The van der Waals surface area contributed by atoms with Crippen LogP contribution in [0.15, 0.2) is 37.0 Å². The van der Waals surface area contributed by atoms with Gasteiger partial charge in [-0.25, -0.2) is 0 Å². The summed E-state index contributed by atoms with van der Waals surface area (Å²) in [6, 6.07) is 0.